The standard InChI is InChI=1S/C21H21FO5S/c1-3-5-19-20(21(23)26-4-2)17-12-14(6-11-18(17)27-19)13-28(24,25)16-9-7-15(22)8-10-16/h6-12H,3-5,13H2,1-2H3. The van der Waals surface area contributed by atoms with E-state index in [0.29, 0.717) is 34.3 Å². The number of hydrogen-bond donors (Lipinski definition) is 0. The molecular formula is C21H21FO5S. The molecule has 0 saturated heterocycles. The summed E-state index contributed by atoms with van der Waals surface area (Å²) >= 11 is 0. The van der Waals surface area contributed by atoms with Crippen molar-refractivity contribution in [3.05, 3.63) is 65.2 Å². The fourth-order valence-electron chi connectivity index (χ4n) is 3.06. The van der Waals surface area contributed by atoms with Crippen molar-refractivity contribution in [1.82, 2.24) is 0 Å². The minimum atomic E-state index is -3.66. The minimum absolute atomic E-state index is 0.0403. The summed E-state index contributed by atoms with van der Waals surface area (Å²) in [7, 11) is -3.66. The normalized spacial score (nSPS) is 11.7. The molecule has 0 spiro atoms. The maximum absolute atomic E-state index is 13.1. The van der Waals surface area contributed by atoms with Gasteiger partial charge in [0.15, 0.2) is 9.84 Å². The fraction of sp³-hybridized carbons (Fsp3) is 0.286. The third kappa shape index (κ3) is 4.09. The van der Waals surface area contributed by atoms with Gasteiger partial charge in [-0.15, -0.1) is 0 Å². The van der Waals surface area contributed by atoms with Crippen LogP contribution < -0.4 is 0 Å². The number of hydrogen-bond acceptors (Lipinski definition) is 5. The predicted octanol–water partition coefficient (Wildman–Crippen LogP) is 4.68. The zero-order chi connectivity index (χ0) is 20.3. The first-order valence-electron chi connectivity index (χ1n) is 9.05. The number of fused-ring (bicyclic) bond motifs is 1. The molecule has 0 aliphatic heterocycles. The summed E-state index contributed by atoms with van der Waals surface area (Å²) in [5, 5.41) is 0.536. The summed E-state index contributed by atoms with van der Waals surface area (Å²) in [4.78, 5) is 12.5. The van der Waals surface area contributed by atoms with E-state index in [-0.39, 0.29) is 17.3 Å². The van der Waals surface area contributed by atoms with Gasteiger partial charge in [-0.25, -0.2) is 17.6 Å². The molecule has 0 radical (unpaired) electrons. The summed E-state index contributed by atoms with van der Waals surface area (Å²) in [5.74, 6) is -0.718. The second-order valence-electron chi connectivity index (χ2n) is 6.41. The van der Waals surface area contributed by atoms with Gasteiger partial charge >= 0.3 is 5.97 Å². The Morgan fingerprint density at radius 2 is 1.82 bits per heavy atom. The van der Waals surface area contributed by atoms with Gasteiger partial charge in [-0.3, -0.25) is 0 Å². The molecule has 28 heavy (non-hydrogen) atoms. The van der Waals surface area contributed by atoms with E-state index in [4.69, 9.17) is 9.15 Å². The summed E-state index contributed by atoms with van der Waals surface area (Å²) < 4.78 is 49.3. The van der Waals surface area contributed by atoms with Crippen molar-refractivity contribution in [3.8, 4) is 0 Å². The highest BCUT2D eigenvalue weighted by Gasteiger charge is 2.23. The van der Waals surface area contributed by atoms with Gasteiger partial charge in [0.25, 0.3) is 0 Å². The molecule has 0 N–H and O–H groups in total. The number of aryl methyl sites for hydroxylation is 1. The minimum Gasteiger partial charge on any atom is -0.462 e. The van der Waals surface area contributed by atoms with Crippen LogP contribution in [0, 0.1) is 5.82 Å². The molecule has 0 atom stereocenters. The molecule has 7 heteroatoms. The molecule has 5 nitrogen and oxygen atoms in total. The Morgan fingerprint density at radius 3 is 2.46 bits per heavy atom. The number of benzene rings is 2. The average Bonchev–Trinajstić information content (AvgIpc) is 2.99. The Morgan fingerprint density at radius 1 is 1.11 bits per heavy atom. The Bertz CT molecular complexity index is 1100. The summed E-state index contributed by atoms with van der Waals surface area (Å²) in [5.41, 5.74) is 1.36. The highest BCUT2D eigenvalue weighted by molar-refractivity contribution is 7.90. The van der Waals surface area contributed by atoms with Gasteiger partial charge in [-0.05, 0) is 55.3 Å². The fourth-order valence-corrected chi connectivity index (χ4v) is 4.40. The lowest BCUT2D eigenvalue weighted by molar-refractivity contribution is 0.0526. The SMILES string of the molecule is CCCc1oc2ccc(CS(=O)(=O)c3ccc(F)cc3)cc2c1C(=O)OCC. The van der Waals surface area contributed by atoms with E-state index >= 15 is 0 Å². The third-order valence-electron chi connectivity index (χ3n) is 4.31. The second-order valence-corrected chi connectivity index (χ2v) is 8.40. The van der Waals surface area contributed by atoms with Crippen LogP contribution in [0.15, 0.2) is 51.8 Å². The molecule has 0 saturated carbocycles. The van der Waals surface area contributed by atoms with Crippen molar-refractivity contribution in [1.29, 1.82) is 0 Å². The highest BCUT2D eigenvalue weighted by atomic mass is 32.2. The van der Waals surface area contributed by atoms with E-state index in [9.17, 15) is 17.6 Å². The topological polar surface area (TPSA) is 73.6 Å². The zero-order valence-corrected chi connectivity index (χ0v) is 16.5. The van der Waals surface area contributed by atoms with E-state index in [1.165, 1.54) is 12.1 Å². The van der Waals surface area contributed by atoms with Crippen molar-refractivity contribution >= 4 is 26.8 Å². The molecule has 0 aliphatic rings. The van der Waals surface area contributed by atoms with Crippen LogP contribution in [-0.4, -0.2) is 21.0 Å². The maximum Gasteiger partial charge on any atom is 0.342 e. The molecule has 0 bridgehead atoms. The predicted molar refractivity (Wildman–Crippen MR) is 103 cm³/mol. The Labute approximate surface area is 163 Å². The van der Waals surface area contributed by atoms with E-state index < -0.39 is 21.6 Å². The molecule has 2 aromatic carbocycles. The van der Waals surface area contributed by atoms with E-state index in [1.807, 2.05) is 6.92 Å². The molecule has 0 aliphatic carbocycles. The van der Waals surface area contributed by atoms with Gasteiger partial charge in [0.2, 0.25) is 0 Å². The van der Waals surface area contributed by atoms with E-state index in [1.54, 1.807) is 25.1 Å². The molecule has 148 valence electrons. The number of carbonyl (C=O) groups is 1. The van der Waals surface area contributed by atoms with Crippen molar-refractivity contribution < 1.29 is 26.8 Å². The van der Waals surface area contributed by atoms with Gasteiger partial charge < -0.3 is 9.15 Å². The van der Waals surface area contributed by atoms with Crippen molar-refractivity contribution in [2.45, 2.75) is 37.3 Å². The van der Waals surface area contributed by atoms with Crippen LogP contribution in [0.1, 0.15) is 41.9 Å². The van der Waals surface area contributed by atoms with Crippen molar-refractivity contribution in [2.24, 2.45) is 0 Å². The summed E-state index contributed by atoms with van der Waals surface area (Å²) in [6, 6.07) is 9.66. The lowest BCUT2D eigenvalue weighted by Crippen LogP contribution is -2.07. The van der Waals surface area contributed by atoms with Gasteiger partial charge in [-0.1, -0.05) is 13.0 Å². The summed E-state index contributed by atoms with van der Waals surface area (Å²) in [6.45, 7) is 3.93. The van der Waals surface area contributed by atoms with Gasteiger partial charge in [0, 0.05) is 11.8 Å². The molecule has 3 aromatic rings. The van der Waals surface area contributed by atoms with Crippen molar-refractivity contribution in [2.75, 3.05) is 6.61 Å². The van der Waals surface area contributed by atoms with E-state index in [0.717, 1.165) is 18.6 Å². The molecule has 1 heterocycles. The molecule has 3 rings (SSSR count). The first-order chi connectivity index (χ1) is 13.4. The van der Waals surface area contributed by atoms with Crippen LogP contribution >= 0.6 is 0 Å². The maximum atomic E-state index is 13.1. The highest BCUT2D eigenvalue weighted by Crippen LogP contribution is 2.30. The Hall–Kier alpha value is -2.67. The lowest BCUT2D eigenvalue weighted by Gasteiger charge is -2.06. The second kappa shape index (κ2) is 8.14. The molecule has 0 unspecified atom stereocenters. The molecule has 0 amide bonds. The van der Waals surface area contributed by atoms with Gasteiger partial charge in [0.05, 0.1) is 17.3 Å². The van der Waals surface area contributed by atoms with Crippen LogP contribution in [0.25, 0.3) is 11.0 Å². The van der Waals surface area contributed by atoms with Crippen LogP contribution in [0.5, 0.6) is 0 Å². The number of esters is 1. The smallest absolute Gasteiger partial charge is 0.342 e. The number of rotatable bonds is 7. The summed E-state index contributed by atoms with van der Waals surface area (Å²) in [6.07, 6.45) is 1.37. The number of ether oxygens (including phenoxy) is 1. The molecule has 0 fully saturated rings. The van der Waals surface area contributed by atoms with Crippen LogP contribution in [0.4, 0.5) is 4.39 Å². The van der Waals surface area contributed by atoms with Gasteiger partial charge in [0.1, 0.15) is 22.7 Å². The molecule has 1 aromatic heterocycles. The Balaban J connectivity index is 2.02. The van der Waals surface area contributed by atoms with Crippen LogP contribution in [0.3, 0.4) is 0 Å². The third-order valence-corrected chi connectivity index (χ3v) is 6.02. The number of sulfone groups is 1. The zero-order valence-electron chi connectivity index (χ0n) is 15.7. The van der Waals surface area contributed by atoms with E-state index in [2.05, 4.69) is 0 Å². The Kier molecular flexibility index (Phi) is 5.84. The van der Waals surface area contributed by atoms with Crippen molar-refractivity contribution in [3.63, 3.8) is 0 Å². The average molecular weight is 404 g/mol. The number of carbonyl (C=O) groups excluding carboxylic acids is 1. The van der Waals surface area contributed by atoms with Crippen LogP contribution in [0.2, 0.25) is 0 Å². The van der Waals surface area contributed by atoms with Gasteiger partial charge in [-0.2, -0.15) is 0 Å². The number of halogens is 1. The monoisotopic (exact) mass is 404 g/mol. The lowest BCUT2D eigenvalue weighted by atomic mass is 10.1. The van der Waals surface area contributed by atoms with Crippen LogP contribution in [-0.2, 0) is 26.7 Å². The largest absolute Gasteiger partial charge is 0.462 e. The number of furan rings is 1. The first-order valence-corrected chi connectivity index (χ1v) is 10.7. The molecular weight excluding hydrogens is 383 g/mol. The first kappa shape index (κ1) is 20.1. The quantitative estimate of drug-likeness (QED) is 0.422.